The lowest BCUT2D eigenvalue weighted by Crippen LogP contribution is -2.05. The summed E-state index contributed by atoms with van der Waals surface area (Å²) in [6, 6.07) is 0. The summed E-state index contributed by atoms with van der Waals surface area (Å²) in [7, 11) is 0. The molecule has 0 aliphatic rings. The fourth-order valence-electron chi connectivity index (χ4n) is 1.74. The highest BCUT2D eigenvalue weighted by atomic mass is 16.5. The van der Waals surface area contributed by atoms with Crippen molar-refractivity contribution >= 4 is 0 Å². The number of rotatable bonds is 12. The Kier molecular flexibility index (Phi) is 13.0. The average molecular weight is 228 g/mol. The SMILES string of the molecule is CCCCCCCCCCOCC(C)CC. The van der Waals surface area contributed by atoms with Crippen LogP contribution in [0.4, 0.5) is 0 Å². The van der Waals surface area contributed by atoms with E-state index < -0.39 is 0 Å². The Bertz CT molecular complexity index is 123. The molecule has 0 saturated heterocycles. The Balaban J connectivity index is 2.93. The lowest BCUT2D eigenvalue weighted by atomic mass is 10.1. The minimum atomic E-state index is 0.731. The monoisotopic (exact) mass is 228 g/mol. The van der Waals surface area contributed by atoms with Crippen LogP contribution in [0.5, 0.6) is 0 Å². The van der Waals surface area contributed by atoms with Crippen LogP contribution in [0, 0.1) is 5.92 Å². The van der Waals surface area contributed by atoms with E-state index in [9.17, 15) is 0 Å². The van der Waals surface area contributed by atoms with E-state index in [0.717, 1.165) is 19.1 Å². The van der Waals surface area contributed by atoms with Gasteiger partial charge in [0.1, 0.15) is 0 Å². The minimum absolute atomic E-state index is 0.731. The van der Waals surface area contributed by atoms with Crippen molar-refractivity contribution in [1.82, 2.24) is 0 Å². The van der Waals surface area contributed by atoms with E-state index in [1.165, 1.54) is 57.8 Å². The maximum Gasteiger partial charge on any atom is 0.0491 e. The van der Waals surface area contributed by atoms with Gasteiger partial charge in [-0.05, 0) is 12.3 Å². The Hall–Kier alpha value is -0.0400. The third-order valence-corrected chi connectivity index (χ3v) is 3.24. The predicted molar refractivity (Wildman–Crippen MR) is 72.9 cm³/mol. The molecule has 0 fully saturated rings. The zero-order chi connectivity index (χ0) is 12.1. The Morgan fingerprint density at radius 3 is 1.94 bits per heavy atom. The van der Waals surface area contributed by atoms with Crippen LogP contribution in [-0.4, -0.2) is 13.2 Å². The number of unbranched alkanes of at least 4 members (excludes halogenated alkanes) is 7. The molecule has 0 aromatic heterocycles. The molecule has 0 aliphatic carbocycles. The molecular weight excluding hydrogens is 196 g/mol. The van der Waals surface area contributed by atoms with Gasteiger partial charge in [-0.3, -0.25) is 0 Å². The second-order valence-electron chi connectivity index (χ2n) is 5.06. The number of ether oxygens (including phenoxy) is 1. The zero-order valence-electron chi connectivity index (χ0n) is 11.8. The Labute approximate surface area is 103 Å². The summed E-state index contributed by atoms with van der Waals surface area (Å²) < 4.78 is 5.63. The fraction of sp³-hybridized carbons (Fsp3) is 1.00. The second kappa shape index (κ2) is 13.0. The van der Waals surface area contributed by atoms with E-state index >= 15 is 0 Å². The van der Waals surface area contributed by atoms with Crippen molar-refractivity contribution in [2.24, 2.45) is 5.92 Å². The maximum atomic E-state index is 5.63. The average Bonchev–Trinajstić information content (AvgIpc) is 2.31. The van der Waals surface area contributed by atoms with Gasteiger partial charge in [-0.25, -0.2) is 0 Å². The van der Waals surface area contributed by atoms with Gasteiger partial charge in [-0.15, -0.1) is 0 Å². The van der Waals surface area contributed by atoms with E-state index in [1.54, 1.807) is 0 Å². The van der Waals surface area contributed by atoms with E-state index in [4.69, 9.17) is 4.74 Å². The van der Waals surface area contributed by atoms with Gasteiger partial charge in [0.25, 0.3) is 0 Å². The first-order valence-electron chi connectivity index (χ1n) is 7.39. The molecule has 1 nitrogen and oxygen atoms in total. The Morgan fingerprint density at radius 1 is 0.812 bits per heavy atom. The molecule has 0 radical (unpaired) electrons. The summed E-state index contributed by atoms with van der Waals surface area (Å²) in [5.41, 5.74) is 0. The molecule has 0 aliphatic heterocycles. The molecule has 0 heterocycles. The standard InChI is InChI=1S/C15H32O/c1-4-6-7-8-9-10-11-12-13-16-14-15(3)5-2/h15H,4-14H2,1-3H3. The van der Waals surface area contributed by atoms with Crippen molar-refractivity contribution in [2.45, 2.75) is 78.6 Å². The van der Waals surface area contributed by atoms with Crippen molar-refractivity contribution in [3.8, 4) is 0 Å². The molecule has 1 atom stereocenters. The van der Waals surface area contributed by atoms with Gasteiger partial charge >= 0.3 is 0 Å². The smallest absolute Gasteiger partial charge is 0.0491 e. The largest absolute Gasteiger partial charge is 0.381 e. The quantitative estimate of drug-likeness (QED) is 0.418. The van der Waals surface area contributed by atoms with E-state index in [-0.39, 0.29) is 0 Å². The van der Waals surface area contributed by atoms with Crippen LogP contribution in [0.25, 0.3) is 0 Å². The van der Waals surface area contributed by atoms with Crippen LogP contribution in [-0.2, 0) is 4.74 Å². The van der Waals surface area contributed by atoms with Gasteiger partial charge in [0.15, 0.2) is 0 Å². The van der Waals surface area contributed by atoms with Crippen LogP contribution in [0.2, 0.25) is 0 Å². The van der Waals surface area contributed by atoms with Crippen LogP contribution in [0.15, 0.2) is 0 Å². The van der Waals surface area contributed by atoms with Crippen LogP contribution in [0.1, 0.15) is 78.6 Å². The molecule has 98 valence electrons. The van der Waals surface area contributed by atoms with Gasteiger partial charge in [-0.2, -0.15) is 0 Å². The van der Waals surface area contributed by atoms with Gasteiger partial charge in [0.2, 0.25) is 0 Å². The number of hydrogen-bond donors (Lipinski definition) is 0. The second-order valence-corrected chi connectivity index (χ2v) is 5.06. The highest BCUT2D eigenvalue weighted by molar-refractivity contribution is 4.48. The van der Waals surface area contributed by atoms with Crippen LogP contribution < -0.4 is 0 Å². The van der Waals surface area contributed by atoms with Gasteiger partial charge in [0.05, 0.1) is 0 Å². The predicted octanol–water partition coefficient (Wildman–Crippen LogP) is 5.19. The van der Waals surface area contributed by atoms with E-state index in [2.05, 4.69) is 20.8 Å². The van der Waals surface area contributed by atoms with E-state index in [1.807, 2.05) is 0 Å². The molecule has 16 heavy (non-hydrogen) atoms. The zero-order valence-corrected chi connectivity index (χ0v) is 11.8. The molecular formula is C15H32O. The molecule has 0 bridgehead atoms. The minimum Gasteiger partial charge on any atom is -0.381 e. The molecule has 0 saturated carbocycles. The molecule has 0 amide bonds. The molecule has 0 aromatic carbocycles. The lowest BCUT2D eigenvalue weighted by Gasteiger charge is -2.09. The normalized spacial score (nSPS) is 12.9. The summed E-state index contributed by atoms with van der Waals surface area (Å²) >= 11 is 0. The van der Waals surface area contributed by atoms with Crippen LogP contribution in [0.3, 0.4) is 0 Å². The first-order valence-corrected chi connectivity index (χ1v) is 7.39. The first-order chi connectivity index (χ1) is 7.81. The summed E-state index contributed by atoms with van der Waals surface area (Å²) in [4.78, 5) is 0. The molecule has 0 N–H and O–H groups in total. The van der Waals surface area contributed by atoms with Gasteiger partial charge in [-0.1, -0.05) is 72.1 Å². The molecule has 0 spiro atoms. The topological polar surface area (TPSA) is 9.23 Å². The summed E-state index contributed by atoms with van der Waals surface area (Å²) in [5.74, 6) is 0.731. The summed E-state index contributed by atoms with van der Waals surface area (Å²) in [6.07, 6.45) is 12.3. The molecule has 1 heteroatoms. The van der Waals surface area contributed by atoms with Crippen molar-refractivity contribution in [1.29, 1.82) is 0 Å². The van der Waals surface area contributed by atoms with Crippen molar-refractivity contribution in [3.63, 3.8) is 0 Å². The first kappa shape index (κ1) is 16.0. The Morgan fingerprint density at radius 2 is 1.38 bits per heavy atom. The third kappa shape index (κ3) is 12.0. The summed E-state index contributed by atoms with van der Waals surface area (Å²) in [5, 5.41) is 0. The van der Waals surface area contributed by atoms with Gasteiger partial charge in [0, 0.05) is 13.2 Å². The highest BCUT2D eigenvalue weighted by Gasteiger charge is 1.97. The summed E-state index contributed by atoms with van der Waals surface area (Å²) in [6.45, 7) is 8.68. The maximum absolute atomic E-state index is 5.63. The fourth-order valence-corrected chi connectivity index (χ4v) is 1.74. The molecule has 1 unspecified atom stereocenters. The molecule has 0 rings (SSSR count). The van der Waals surface area contributed by atoms with Crippen molar-refractivity contribution in [3.05, 3.63) is 0 Å². The van der Waals surface area contributed by atoms with Crippen LogP contribution >= 0.6 is 0 Å². The van der Waals surface area contributed by atoms with Gasteiger partial charge < -0.3 is 4.74 Å². The lowest BCUT2D eigenvalue weighted by molar-refractivity contribution is 0.100. The third-order valence-electron chi connectivity index (χ3n) is 3.24. The van der Waals surface area contributed by atoms with Crippen molar-refractivity contribution < 1.29 is 4.74 Å². The van der Waals surface area contributed by atoms with E-state index in [0.29, 0.717) is 0 Å². The molecule has 0 aromatic rings. The van der Waals surface area contributed by atoms with Crippen molar-refractivity contribution in [2.75, 3.05) is 13.2 Å². The number of hydrogen-bond acceptors (Lipinski definition) is 1. The highest BCUT2D eigenvalue weighted by Crippen LogP contribution is 2.08.